The molecule has 3 aromatic heterocycles. The minimum atomic E-state index is -0.221. The summed E-state index contributed by atoms with van der Waals surface area (Å²) in [5, 5.41) is 4.15. The second kappa shape index (κ2) is 6.22. The van der Waals surface area contributed by atoms with Crippen LogP contribution in [0.25, 0.3) is 11.2 Å². The summed E-state index contributed by atoms with van der Waals surface area (Å²) in [4.78, 5) is 27.7. The Labute approximate surface area is 169 Å². The van der Waals surface area contributed by atoms with Crippen molar-refractivity contribution in [1.29, 1.82) is 0 Å². The highest BCUT2D eigenvalue weighted by molar-refractivity contribution is 5.68. The van der Waals surface area contributed by atoms with Crippen LogP contribution in [0.2, 0.25) is 0 Å². The van der Waals surface area contributed by atoms with Gasteiger partial charge in [-0.1, -0.05) is 11.2 Å². The molecule has 6 rings (SSSR count). The van der Waals surface area contributed by atoms with Crippen molar-refractivity contribution in [3.05, 3.63) is 64.8 Å². The molecular formula is C20H18FN7O2. The number of benzene rings is 1. The predicted octanol–water partition coefficient (Wildman–Crippen LogP) is 1.55. The van der Waals surface area contributed by atoms with Gasteiger partial charge in [-0.2, -0.15) is 4.98 Å². The van der Waals surface area contributed by atoms with Crippen molar-refractivity contribution in [1.82, 2.24) is 29.2 Å². The van der Waals surface area contributed by atoms with Gasteiger partial charge >= 0.3 is 0 Å². The van der Waals surface area contributed by atoms with Gasteiger partial charge in [0, 0.05) is 31.7 Å². The molecule has 0 radical (unpaired) electrons. The van der Waals surface area contributed by atoms with Crippen molar-refractivity contribution in [3.8, 4) is 0 Å². The smallest absolute Gasteiger partial charge is 0.280 e. The van der Waals surface area contributed by atoms with Gasteiger partial charge in [-0.25, -0.2) is 14.4 Å². The Morgan fingerprint density at radius 3 is 2.80 bits per heavy atom. The number of hydrogen-bond donors (Lipinski definition) is 0. The van der Waals surface area contributed by atoms with E-state index in [1.54, 1.807) is 30.1 Å². The van der Waals surface area contributed by atoms with Crippen LogP contribution in [0.15, 0.2) is 46.2 Å². The Bertz CT molecular complexity index is 1310. The van der Waals surface area contributed by atoms with Crippen LogP contribution in [-0.4, -0.2) is 42.3 Å². The predicted molar refractivity (Wildman–Crippen MR) is 105 cm³/mol. The molecule has 1 unspecified atom stereocenters. The van der Waals surface area contributed by atoms with Gasteiger partial charge in [-0.3, -0.25) is 9.36 Å². The highest BCUT2D eigenvalue weighted by Crippen LogP contribution is 2.57. The maximum absolute atomic E-state index is 13.5. The quantitative estimate of drug-likeness (QED) is 0.507. The lowest BCUT2D eigenvalue weighted by atomic mass is 10.2. The van der Waals surface area contributed by atoms with E-state index in [-0.39, 0.29) is 23.8 Å². The topological polar surface area (TPSA) is 94.9 Å². The number of rotatable bonds is 4. The van der Waals surface area contributed by atoms with Gasteiger partial charge < -0.3 is 14.0 Å². The number of fused-ring (bicyclic) bond motifs is 2. The van der Waals surface area contributed by atoms with Crippen molar-refractivity contribution in [2.75, 3.05) is 18.0 Å². The van der Waals surface area contributed by atoms with Crippen LogP contribution in [0.3, 0.4) is 0 Å². The third kappa shape index (κ3) is 2.63. The van der Waals surface area contributed by atoms with E-state index in [1.165, 1.54) is 17.0 Å². The van der Waals surface area contributed by atoms with E-state index in [2.05, 4.69) is 25.0 Å². The summed E-state index contributed by atoms with van der Waals surface area (Å²) in [6.45, 7) is 1.86. The summed E-state index contributed by atoms with van der Waals surface area (Å²) in [6, 6.07) is 6.69. The van der Waals surface area contributed by atoms with Gasteiger partial charge in [0.05, 0.1) is 6.33 Å². The van der Waals surface area contributed by atoms with Gasteiger partial charge in [-0.05, 0) is 30.0 Å². The first-order valence-corrected chi connectivity index (χ1v) is 9.78. The Morgan fingerprint density at radius 2 is 2.00 bits per heavy atom. The summed E-state index contributed by atoms with van der Waals surface area (Å²) in [5.41, 5.74) is 1.56. The monoisotopic (exact) mass is 407 g/mol. The highest BCUT2D eigenvalue weighted by atomic mass is 19.1. The second-order valence-electron chi connectivity index (χ2n) is 7.99. The molecule has 0 N–H and O–H groups in total. The third-order valence-corrected chi connectivity index (χ3v) is 6.16. The zero-order valence-corrected chi connectivity index (χ0v) is 16.1. The number of halogens is 1. The lowest BCUT2D eigenvalue weighted by molar-refractivity contribution is 0.363. The zero-order chi connectivity index (χ0) is 20.4. The standard InChI is InChI=1S/C20H18FN7O2/c1-26-9-22-19-17(26)20(29)28(10-23-19)8-15-24-18(25-30-15)16-13-6-27(7-14(13)16)12-4-2-3-11(21)5-12/h2-5,9-10,13-14,16H,6-8H2,1H3/t13-,14+,16?. The fraction of sp³-hybridized carbons (Fsp3) is 0.350. The zero-order valence-electron chi connectivity index (χ0n) is 16.1. The Hall–Kier alpha value is -3.56. The van der Waals surface area contributed by atoms with E-state index in [0.717, 1.165) is 18.8 Å². The average Bonchev–Trinajstić information content (AvgIpc) is 3.16. The van der Waals surface area contributed by atoms with Crippen molar-refractivity contribution in [3.63, 3.8) is 0 Å². The van der Waals surface area contributed by atoms with E-state index >= 15 is 0 Å². The summed E-state index contributed by atoms with van der Waals surface area (Å²) < 4.78 is 22.0. The molecule has 1 aromatic carbocycles. The number of imidazole rings is 1. The van der Waals surface area contributed by atoms with Crippen molar-refractivity contribution in [2.45, 2.75) is 12.5 Å². The molecule has 2 aliphatic rings. The Morgan fingerprint density at radius 1 is 1.20 bits per heavy atom. The number of piperidine rings is 1. The third-order valence-electron chi connectivity index (χ3n) is 6.16. The molecule has 2 fully saturated rings. The molecule has 10 heteroatoms. The first kappa shape index (κ1) is 17.3. The average molecular weight is 407 g/mol. The van der Waals surface area contributed by atoms with Crippen LogP contribution in [0, 0.1) is 17.7 Å². The van der Waals surface area contributed by atoms with Gasteiger partial charge in [0.2, 0.25) is 5.89 Å². The van der Waals surface area contributed by atoms with Crippen molar-refractivity contribution < 1.29 is 8.91 Å². The summed E-state index contributed by atoms with van der Waals surface area (Å²) in [5.74, 6) is 1.97. The minimum Gasteiger partial charge on any atom is -0.371 e. The fourth-order valence-corrected chi connectivity index (χ4v) is 4.59. The van der Waals surface area contributed by atoms with Gasteiger partial charge in [0.1, 0.15) is 18.7 Å². The van der Waals surface area contributed by atoms with E-state index in [0.29, 0.717) is 34.7 Å². The highest BCUT2D eigenvalue weighted by Gasteiger charge is 2.58. The molecule has 0 bridgehead atoms. The lowest BCUT2D eigenvalue weighted by Gasteiger charge is -2.21. The molecule has 3 atom stereocenters. The van der Waals surface area contributed by atoms with Crippen LogP contribution in [-0.2, 0) is 13.6 Å². The maximum Gasteiger partial charge on any atom is 0.280 e. The molecule has 4 heterocycles. The van der Waals surface area contributed by atoms with Crippen LogP contribution in [0.5, 0.6) is 0 Å². The van der Waals surface area contributed by atoms with Crippen LogP contribution >= 0.6 is 0 Å². The second-order valence-corrected chi connectivity index (χ2v) is 7.99. The summed E-state index contributed by atoms with van der Waals surface area (Å²) >= 11 is 0. The molecule has 0 amide bonds. The number of aryl methyl sites for hydroxylation is 1. The van der Waals surface area contributed by atoms with E-state index in [9.17, 15) is 9.18 Å². The van der Waals surface area contributed by atoms with Crippen molar-refractivity contribution in [2.24, 2.45) is 18.9 Å². The molecule has 1 aliphatic carbocycles. The molecule has 30 heavy (non-hydrogen) atoms. The van der Waals surface area contributed by atoms with Crippen LogP contribution in [0.4, 0.5) is 10.1 Å². The van der Waals surface area contributed by atoms with Crippen LogP contribution < -0.4 is 10.5 Å². The van der Waals surface area contributed by atoms with E-state index in [1.807, 2.05) is 6.07 Å². The molecule has 152 valence electrons. The molecular weight excluding hydrogens is 389 g/mol. The summed E-state index contributed by atoms with van der Waals surface area (Å²) in [7, 11) is 1.76. The van der Waals surface area contributed by atoms with E-state index in [4.69, 9.17) is 4.52 Å². The molecule has 9 nitrogen and oxygen atoms in total. The number of nitrogens with zero attached hydrogens (tertiary/aromatic N) is 7. The van der Waals surface area contributed by atoms with Gasteiger partial charge in [0.25, 0.3) is 5.56 Å². The first-order chi connectivity index (χ1) is 14.6. The molecule has 1 saturated heterocycles. The summed E-state index contributed by atoms with van der Waals surface area (Å²) in [6.07, 6.45) is 3.01. The molecule has 0 spiro atoms. The maximum atomic E-state index is 13.5. The van der Waals surface area contributed by atoms with Crippen molar-refractivity contribution >= 4 is 16.9 Å². The molecule has 4 aromatic rings. The number of hydrogen-bond acceptors (Lipinski definition) is 7. The SMILES string of the molecule is Cn1cnc2ncn(Cc3nc(C4[C@H]5CN(c6cccc(F)c6)C[C@@H]45)no3)c(=O)c21. The molecule has 1 saturated carbocycles. The van der Waals surface area contributed by atoms with E-state index < -0.39 is 0 Å². The fourth-order valence-electron chi connectivity index (χ4n) is 4.59. The number of aromatic nitrogens is 6. The van der Waals surface area contributed by atoms with Gasteiger partial charge in [-0.15, -0.1) is 0 Å². The minimum absolute atomic E-state index is 0.164. The lowest BCUT2D eigenvalue weighted by Crippen LogP contribution is -2.24. The molecule has 1 aliphatic heterocycles. The largest absolute Gasteiger partial charge is 0.371 e. The Balaban J connectivity index is 1.17. The van der Waals surface area contributed by atoms with Gasteiger partial charge in [0.15, 0.2) is 17.0 Å². The Kier molecular flexibility index (Phi) is 3.59. The van der Waals surface area contributed by atoms with Crippen LogP contribution in [0.1, 0.15) is 17.6 Å². The number of anilines is 1. The first-order valence-electron chi connectivity index (χ1n) is 9.78. The normalized spacial score (nSPS) is 22.6.